The average molecular weight is 546 g/mol. The minimum atomic E-state index is -3.68. The normalized spacial score (nSPS) is 13.4. The first-order valence-corrected chi connectivity index (χ1v) is 18.3. The van der Waals surface area contributed by atoms with Crippen LogP contribution in [-0.4, -0.2) is 29.3 Å². The molecule has 0 spiro atoms. The Hall–Kier alpha value is 0.110. The lowest BCUT2D eigenvalue weighted by atomic mass is 10.1. The van der Waals surface area contributed by atoms with Gasteiger partial charge in [0.2, 0.25) is 0 Å². The molecule has 0 radical (unpaired) electrons. The summed E-state index contributed by atoms with van der Waals surface area (Å²) in [6.07, 6.45) is 32.9. The molecule has 0 aromatic carbocycles. The van der Waals surface area contributed by atoms with E-state index in [9.17, 15) is 9.46 Å². The molecular weight excluding hydrogens is 477 g/mol. The Labute approximate surface area is 233 Å². The molecular formula is C32H68NO3P. The predicted molar refractivity (Wildman–Crippen MR) is 164 cm³/mol. The fourth-order valence-corrected chi connectivity index (χ4v) is 6.39. The number of nitrogens with zero attached hydrogens (tertiary/aromatic N) is 1. The van der Waals surface area contributed by atoms with E-state index in [4.69, 9.17) is 4.52 Å². The average Bonchev–Trinajstić information content (AvgIpc) is 2.88. The van der Waals surface area contributed by atoms with Gasteiger partial charge >= 0.3 is 7.75 Å². The van der Waals surface area contributed by atoms with Crippen LogP contribution in [0.5, 0.6) is 0 Å². The van der Waals surface area contributed by atoms with Gasteiger partial charge in [0.1, 0.15) is 0 Å². The van der Waals surface area contributed by atoms with Crippen molar-refractivity contribution < 1.29 is 14.0 Å². The van der Waals surface area contributed by atoms with Crippen molar-refractivity contribution in [3.05, 3.63) is 0 Å². The highest BCUT2D eigenvalue weighted by atomic mass is 31.2. The lowest BCUT2D eigenvalue weighted by Crippen LogP contribution is -2.24. The fraction of sp³-hybridized carbons (Fsp3) is 1.00. The van der Waals surface area contributed by atoms with Crippen molar-refractivity contribution in [2.75, 3.05) is 19.7 Å². The summed E-state index contributed by atoms with van der Waals surface area (Å²) >= 11 is 0. The third kappa shape index (κ3) is 26.1. The van der Waals surface area contributed by atoms with Crippen LogP contribution in [0.3, 0.4) is 0 Å². The quantitative estimate of drug-likeness (QED) is 0.0695. The topological polar surface area (TPSA) is 49.8 Å². The molecule has 0 amide bonds. The first kappa shape index (κ1) is 37.1. The van der Waals surface area contributed by atoms with Crippen LogP contribution in [0.2, 0.25) is 0 Å². The highest BCUT2D eigenvalue weighted by Gasteiger charge is 2.28. The smallest absolute Gasteiger partial charge is 0.312 e. The number of hydrogen-bond acceptors (Lipinski definition) is 2. The van der Waals surface area contributed by atoms with Crippen molar-refractivity contribution in [2.45, 2.75) is 188 Å². The van der Waals surface area contributed by atoms with E-state index in [1.54, 1.807) is 4.67 Å². The second-order valence-electron chi connectivity index (χ2n) is 11.4. The lowest BCUT2D eigenvalue weighted by Gasteiger charge is -2.26. The zero-order chi connectivity index (χ0) is 27.3. The molecule has 0 aliphatic rings. The maximum absolute atomic E-state index is 13.0. The SMILES string of the molecule is CCCCCCCCCCCCCN(CCCCCCCCCCCCC)P(=O)(O)OCCCCCC. The van der Waals surface area contributed by atoms with Crippen LogP contribution >= 0.6 is 7.75 Å². The summed E-state index contributed by atoms with van der Waals surface area (Å²) in [6.45, 7) is 8.51. The van der Waals surface area contributed by atoms with Crippen LogP contribution in [0.4, 0.5) is 0 Å². The Morgan fingerprint density at radius 2 is 0.730 bits per heavy atom. The molecule has 1 atom stereocenters. The molecule has 0 aromatic rings. The molecule has 5 heteroatoms. The first-order chi connectivity index (χ1) is 18.1. The maximum Gasteiger partial charge on any atom is 0.405 e. The van der Waals surface area contributed by atoms with E-state index in [0.717, 1.165) is 38.5 Å². The van der Waals surface area contributed by atoms with Gasteiger partial charge in [-0.2, -0.15) is 0 Å². The predicted octanol–water partition coefficient (Wildman–Crippen LogP) is 11.6. The van der Waals surface area contributed by atoms with E-state index in [1.807, 2.05) is 0 Å². The third-order valence-electron chi connectivity index (χ3n) is 7.65. The molecule has 1 unspecified atom stereocenters. The molecule has 0 aliphatic carbocycles. The van der Waals surface area contributed by atoms with E-state index < -0.39 is 7.75 Å². The minimum Gasteiger partial charge on any atom is -0.312 e. The summed E-state index contributed by atoms with van der Waals surface area (Å²) in [5.41, 5.74) is 0. The molecule has 0 saturated carbocycles. The maximum atomic E-state index is 13.0. The van der Waals surface area contributed by atoms with Crippen molar-refractivity contribution in [1.29, 1.82) is 0 Å². The standard InChI is InChI=1S/C32H68NO3P/c1-4-7-10-13-15-17-19-21-23-25-27-30-33(37(34,35)36-32-29-12-9-6-3)31-28-26-24-22-20-18-16-14-11-8-5-2/h4-32H2,1-3H3,(H,34,35). The monoisotopic (exact) mass is 545 g/mol. The van der Waals surface area contributed by atoms with Crippen molar-refractivity contribution in [3.8, 4) is 0 Å². The molecule has 0 aliphatic heterocycles. The highest BCUT2D eigenvalue weighted by molar-refractivity contribution is 7.50. The zero-order valence-electron chi connectivity index (χ0n) is 25.7. The van der Waals surface area contributed by atoms with Gasteiger partial charge < -0.3 is 4.89 Å². The second-order valence-corrected chi connectivity index (χ2v) is 13.2. The minimum absolute atomic E-state index is 0.404. The van der Waals surface area contributed by atoms with E-state index in [0.29, 0.717) is 19.7 Å². The Morgan fingerprint density at radius 3 is 1.05 bits per heavy atom. The Kier molecular flexibility index (Phi) is 29.2. The van der Waals surface area contributed by atoms with E-state index in [1.165, 1.54) is 128 Å². The third-order valence-corrected chi connectivity index (χ3v) is 9.29. The van der Waals surface area contributed by atoms with Crippen LogP contribution in [0, 0.1) is 0 Å². The van der Waals surface area contributed by atoms with Crippen molar-refractivity contribution in [1.82, 2.24) is 4.67 Å². The van der Waals surface area contributed by atoms with Gasteiger partial charge in [-0.1, -0.05) is 168 Å². The van der Waals surface area contributed by atoms with Crippen LogP contribution in [-0.2, 0) is 9.09 Å². The summed E-state index contributed by atoms with van der Waals surface area (Å²) < 4.78 is 20.4. The number of rotatable bonds is 31. The van der Waals surface area contributed by atoms with Crippen LogP contribution in [0.1, 0.15) is 188 Å². The van der Waals surface area contributed by atoms with E-state index >= 15 is 0 Å². The molecule has 0 aromatic heterocycles. The van der Waals surface area contributed by atoms with Crippen LogP contribution < -0.4 is 0 Å². The highest BCUT2D eigenvalue weighted by Crippen LogP contribution is 2.46. The Balaban J connectivity index is 4.14. The molecule has 0 bridgehead atoms. The van der Waals surface area contributed by atoms with Gasteiger partial charge in [-0.25, -0.2) is 9.24 Å². The molecule has 224 valence electrons. The van der Waals surface area contributed by atoms with Gasteiger partial charge in [-0.05, 0) is 19.3 Å². The van der Waals surface area contributed by atoms with Gasteiger partial charge in [0, 0.05) is 13.1 Å². The summed E-state index contributed by atoms with van der Waals surface area (Å²) in [5, 5.41) is 0. The van der Waals surface area contributed by atoms with Crippen molar-refractivity contribution >= 4 is 7.75 Å². The van der Waals surface area contributed by atoms with Gasteiger partial charge in [-0.3, -0.25) is 4.52 Å². The van der Waals surface area contributed by atoms with Gasteiger partial charge in [0.25, 0.3) is 0 Å². The summed E-state index contributed by atoms with van der Waals surface area (Å²) in [5.74, 6) is 0. The van der Waals surface area contributed by atoms with Crippen molar-refractivity contribution in [2.24, 2.45) is 0 Å². The molecule has 1 N–H and O–H groups in total. The van der Waals surface area contributed by atoms with Gasteiger partial charge in [-0.15, -0.1) is 0 Å². The van der Waals surface area contributed by atoms with Crippen molar-refractivity contribution in [3.63, 3.8) is 0 Å². The van der Waals surface area contributed by atoms with E-state index in [2.05, 4.69) is 20.8 Å². The van der Waals surface area contributed by atoms with Crippen LogP contribution in [0.25, 0.3) is 0 Å². The molecule has 4 nitrogen and oxygen atoms in total. The van der Waals surface area contributed by atoms with Gasteiger partial charge in [0.05, 0.1) is 6.61 Å². The first-order valence-electron chi connectivity index (χ1n) is 16.8. The molecule has 0 heterocycles. The Morgan fingerprint density at radius 1 is 0.459 bits per heavy atom. The largest absolute Gasteiger partial charge is 0.405 e. The molecule has 0 rings (SSSR count). The van der Waals surface area contributed by atoms with E-state index in [-0.39, 0.29) is 0 Å². The summed E-state index contributed by atoms with van der Waals surface area (Å²) in [6, 6.07) is 0. The number of hydrogen-bond donors (Lipinski definition) is 1. The fourth-order valence-electron chi connectivity index (χ4n) is 5.08. The molecule has 0 saturated heterocycles. The number of unbranched alkanes of at least 4 members (excludes halogenated alkanes) is 23. The second kappa shape index (κ2) is 29.1. The van der Waals surface area contributed by atoms with Gasteiger partial charge in [0.15, 0.2) is 0 Å². The summed E-state index contributed by atoms with van der Waals surface area (Å²) in [7, 11) is -3.68. The Bertz CT molecular complexity index is 463. The summed E-state index contributed by atoms with van der Waals surface area (Å²) in [4.78, 5) is 10.7. The molecule has 0 fully saturated rings. The lowest BCUT2D eigenvalue weighted by molar-refractivity contribution is 0.194. The molecule has 37 heavy (non-hydrogen) atoms. The zero-order valence-corrected chi connectivity index (χ0v) is 26.6. The van der Waals surface area contributed by atoms with Crippen LogP contribution in [0.15, 0.2) is 0 Å².